The smallest absolute Gasteiger partial charge is 0.264 e. The highest BCUT2D eigenvalue weighted by atomic mass is 32.2. The fraction of sp³-hybridized carbons (Fsp3) is 1.00. The van der Waals surface area contributed by atoms with E-state index >= 15 is 0 Å². The van der Waals surface area contributed by atoms with E-state index in [-0.39, 0.29) is 5.75 Å². The van der Waals surface area contributed by atoms with Crippen LogP contribution in [0.25, 0.3) is 0 Å². The zero-order chi connectivity index (χ0) is 6.62. The molecule has 0 heterocycles. The Balaban J connectivity index is 3.42. The minimum absolute atomic E-state index is 0.233. The van der Waals surface area contributed by atoms with Crippen LogP contribution in [0.2, 0.25) is 0 Å². The van der Waals surface area contributed by atoms with Crippen molar-refractivity contribution in [2.45, 2.75) is 6.42 Å². The van der Waals surface area contributed by atoms with Crippen LogP contribution in [0.4, 0.5) is 0 Å². The SMILES string of the molecule is [15NH2]CCCS(=O)(=O)O. The van der Waals surface area contributed by atoms with Gasteiger partial charge in [0.05, 0.1) is 5.75 Å². The lowest BCUT2D eigenvalue weighted by Gasteiger charge is -1.90. The van der Waals surface area contributed by atoms with Crippen LogP contribution in [0.1, 0.15) is 6.42 Å². The van der Waals surface area contributed by atoms with E-state index in [1.165, 1.54) is 0 Å². The molecule has 0 bridgehead atoms. The average Bonchev–Trinajstić information content (AvgIpc) is 1.59. The summed E-state index contributed by atoms with van der Waals surface area (Å²) in [6.07, 6.45) is 0.318. The molecular formula is C3H9NO3S. The summed E-state index contributed by atoms with van der Waals surface area (Å²) in [6, 6.07) is 0. The number of hydrogen-bond donors (Lipinski definition) is 2. The van der Waals surface area contributed by atoms with Crippen LogP contribution in [0.5, 0.6) is 0 Å². The van der Waals surface area contributed by atoms with E-state index in [1.54, 1.807) is 0 Å². The van der Waals surface area contributed by atoms with Crippen LogP contribution >= 0.6 is 0 Å². The van der Waals surface area contributed by atoms with Crippen molar-refractivity contribution in [3.8, 4) is 0 Å². The van der Waals surface area contributed by atoms with Crippen molar-refractivity contribution in [2.24, 2.45) is 5.73 Å². The number of hydrogen-bond acceptors (Lipinski definition) is 3. The molecule has 3 N–H and O–H groups in total. The molecule has 0 atom stereocenters. The maximum absolute atomic E-state index is 9.89. The molecule has 0 aromatic rings. The molecule has 0 aromatic heterocycles. The van der Waals surface area contributed by atoms with Crippen molar-refractivity contribution < 1.29 is 13.0 Å². The van der Waals surface area contributed by atoms with Gasteiger partial charge < -0.3 is 5.73 Å². The molecule has 0 aliphatic heterocycles. The molecule has 0 aliphatic carbocycles. The van der Waals surface area contributed by atoms with E-state index in [0.717, 1.165) is 0 Å². The molecule has 0 amide bonds. The van der Waals surface area contributed by atoms with E-state index < -0.39 is 10.1 Å². The molecule has 0 saturated carbocycles. The van der Waals surface area contributed by atoms with Crippen LogP contribution < -0.4 is 5.73 Å². The van der Waals surface area contributed by atoms with Gasteiger partial charge in [-0.25, -0.2) is 0 Å². The topological polar surface area (TPSA) is 80.4 Å². The Morgan fingerprint density at radius 1 is 1.50 bits per heavy atom. The van der Waals surface area contributed by atoms with Gasteiger partial charge in [-0.2, -0.15) is 8.42 Å². The standard InChI is InChI=1S/C3H9NO3S/c4-2-1-3-8(5,6)7/h1-4H2,(H,5,6,7)/i4+1. The van der Waals surface area contributed by atoms with Crippen molar-refractivity contribution in [1.82, 2.24) is 0 Å². The molecule has 0 spiro atoms. The Labute approximate surface area is 48.4 Å². The summed E-state index contributed by atoms with van der Waals surface area (Å²) in [4.78, 5) is 0. The van der Waals surface area contributed by atoms with E-state index in [2.05, 4.69) is 0 Å². The molecule has 0 rings (SSSR count). The van der Waals surface area contributed by atoms with Crippen molar-refractivity contribution in [3.05, 3.63) is 0 Å². The summed E-state index contributed by atoms with van der Waals surface area (Å²) >= 11 is 0. The highest BCUT2D eigenvalue weighted by molar-refractivity contribution is 7.85. The van der Waals surface area contributed by atoms with Gasteiger partial charge in [-0.05, 0) is 13.0 Å². The van der Waals surface area contributed by atoms with Gasteiger partial charge in [-0.1, -0.05) is 0 Å². The maximum atomic E-state index is 9.89. The summed E-state index contributed by atoms with van der Waals surface area (Å²) in [6.45, 7) is 0.291. The largest absolute Gasteiger partial charge is 0.330 e. The van der Waals surface area contributed by atoms with Crippen molar-refractivity contribution in [1.29, 1.82) is 0 Å². The van der Waals surface area contributed by atoms with Crippen LogP contribution in [-0.2, 0) is 10.1 Å². The normalized spacial score (nSPS) is 11.8. The highest BCUT2D eigenvalue weighted by Gasteiger charge is 2.00. The van der Waals surface area contributed by atoms with Gasteiger partial charge >= 0.3 is 0 Å². The summed E-state index contributed by atoms with van der Waals surface area (Å²) in [5, 5.41) is 0. The maximum Gasteiger partial charge on any atom is 0.264 e. The minimum atomic E-state index is -3.77. The van der Waals surface area contributed by atoms with Gasteiger partial charge in [-0.3, -0.25) is 4.55 Å². The quantitative estimate of drug-likeness (QED) is 0.398. The van der Waals surface area contributed by atoms with Gasteiger partial charge in [0, 0.05) is 0 Å². The molecule has 0 fully saturated rings. The third kappa shape index (κ3) is 5.87. The first-order chi connectivity index (χ1) is 3.56. The fourth-order valence-electron chi connectivity index (χ4n) is 0.266. The molecule has 0 aromatic carbocycles. The van der Waals surface area contributed by atoms with E-state index in [0.29, 0.717) is 13.0 Å². The summed E-state index contributed by atoms with van der Waals surface area (Å²) in [7, 11) is -3.77. The van der Waals surface area contributed by atoms with Gasteiger partial charge in [-0.15, -0.1) is 0 Å². The average molecular weight is 140 g/mol. The fourth-order valence-corrected chi connectivity index (χ4v) is 0.797. The van der Waals surface area contributed by atoms with Crippen LogP contribution in [0.15, 0.2) is 0 Å². The lowest BCUT2D eigenvalue weighted by atomic mass is 10.5. The summed E-state index contributed by atoms with van der Waals surface area (Å²) in [5.41, 5.74) is 4.96. The first-order valence-electron chi connectivity index (χ1n) is 2.21. The summed E-state index contributed by atoms with van der Waals surface area (Å²) < 4.78 is 27.8. The molecule has 8 heavy (non-hydrogen) atoms. The van der Waals surface area contributed by atoms with Crippen LogP contribution in [0, 0.1) is 0 Å². The lowest BCUT2D eigenvalue weighted by Crippen LogP contribution is -2.09. The van der Waals surface area contributed by atoms with Crippen molar-refractivity contribution in [3.63, 3.8) is 0 Å². The molecule has 4 nitrogen and oxygen atoms in total. The van der Waals surface area contributed by atoms with Gasteiger partial charge in [0.2, 0.25) is 0 Å². The molecule has 0 radical (unpaired) electrons. The van der Waals surface area contributed by atoms with E-state index in [1.807, 2.05) is 0 Å². The second kappa shape index (κ2) is 3.01. The van der Waals surface area contributed by atoms with Crippen LogP contribution in [-0.4, -0.2) is 25.3 Å². The predicted octanol–water partition coefficient (Wildman–Crippen LogP) is -0.777. The van der Waals surface area contributed by atoms with Crippen molar-refractivity contribution in [2.75, 3.05) is 12.3 Å². The first-order valence-corrected chi connectivity index (χ1v) is 3.82. The minimum Gasteiger partial charge on any atom is -0.330 e. The Kier molecular flexibility index (Phi) is 2.96. The zero-order valence-electron chi connectivity index (χ0n) is 4.37. The number of rotatable bonds is 3. The van der Waals surface area contributed by atoms with Gasteiger partial charge in [0.25, 0.3) is 10.1 Å². The zero-order valence-corrected chi connectivity index (χ0v) is 5.19. The van der Waals surface area contributed by atoms with Gasteiger partial charge in [0.1, 0.15) is 0 Å². The molecule has 50 valence electrons. The second-order valence-corrected chi connectivity index (χ2v) is 3.00. The van der Waals surface area contributed by atoms with E-state index in [9.17, 15) is 8.42 Å². The predicted molar refractivity (Wildman–Crippen MR) is 30.1 cm³/mol. The third-order valence-electron chi connectivity index (χ3n) is 0.606. The van der Waals surface area contributed by atoms with E-state index in [4.69, 9.17) is 10.3 Å². The Morgan fingerprint density at radius 3 is 2.12 bits per heavy atom. The highest BCUT2D eigenvalue weighted by Crippen LogP contribution is 1.83. The molecule has 0 unspecified atom stereocenters. The molecule has 5 heteroatoms. The summed E-state index contributed by atoms with van der Waals surface area (Å²) in [5.74, 6) is -0.233. The Morgan fingerprint density at radius 2 is 2.00 bits per heavy atom. The molecule has 0 saturated heterocycles. The Hall–Kier alpha value is -0.130. The molecular weight excluding hydrogens is 131 g/mol. The van der Waals surface area contributed by atoms with Crippen molar-refractivity contribution >= 4 is 10.1 Å². The van der Waals surface area contributed by atoms with Crippen LogP contribution in [0.3, 0.4) is 0 Å². The second-order valence-electron chi connectivity index (χ2n) is 1.43. The van der Waals surface area contributed by atoms with Gasteiger partial charge in [0.15, 0.2) is 0 Å². The molecule has 0 aliphatic rings. The number of nitrogens with two attached hydrogens (primary N) is 1. The Bertz CT molecular complexity index is 139. The third-order valence-corrected chi connectivity index (χ3v) is 1.41. The lowest BCUT2D eigenvalue weighted by molar-refractivity contribution is 0.481. The first kappa shape index (κ1) is 7.87. The monoisotopic (exact) mass is 140 g/mol.